The third-order valence-electron chi connectivity index (χ3n) is 5.47. The quantitative estimate of drug-likeness (QED) is 0.578. The highest BCUT2D eigenvalue weighted by atomic mass is 16.5. The molecule has 0 bridgehead atoms. The van der Waals surface area contributed by atoms with E-state index in [1.54, 1.807) is 0 Å². The van der Waals surface area contributed by atoms with Crippen LogP contribution in [0.4, 0.5) is 0 Å². The zero-order valence-corrected chi connectivity index (χ0v) is 16.7. The number of para-hydroxylation sites is 1. The van der Waals surface area contributed by atoms with E-state index in [1.165, 1.54) is 0 Å². The number of hydrogen-bond donors (Lipinski definition) is 3. The van der Waals surface area contributed by atoms with E-state index in [1.807, 2.05) is 61.5 Å². The molecule has 4 atom stereocenters. The zero-order chi connectivity index (χ0) is 21.7. The molecule has 0 aromatic heterocycles. The van der Waals surface area contributed by atoms with Crippen molar-refractivity contribution in [1.82, 2.24) is 5.32 Å². The van der Waals surface area contributed by atoms with Gasteiger partial charge in [-0.2, -0.15) is 0 Å². The van der Waals surface area contributed by atoms with Crippen LogP contribution < -0.4 is 10.1 Å². The van der Waals surface area contributed by atoms with Crippen LogP contribution in [0.2, 0.25) is 0 Å². The molecular formula is C23H25NO6. The highest BCUT2D eigenvalue weighted by molar-refractivity contribution is 5.91. The van der Waals surface area contributed by atoms with Crippen molar-refractivity contribution < 1.29 is 29.3 Å². The van der Waals surface area contributed by atoms with E-state index >= 15 is 0 Å². The van der Waals surface area contributed by atoms with Crippen molar-refractivity contribution in [3.63, 3.8) is 0 Å². The highest BCUT2D eigenvalue weighted by Crippen LogP contribution is 2.41. The molecular weight excluding hydrogens is 386 g/mol. The van der Waals surface area contributed by atoms with Gasteiger partial charge in [0.2, 0.25) is 5.91 Å². The smallest absolute Gasteiger partial charge is 0.308 e. The molecule has 0 saturated heterocycles. The van der Waals surface area contributed by atoms with E-state index < -0.39 is 35.6 Å². The summed E-state index contributed by atoms with van der Waals surface area (Å²) in [6, 6.07) is 16.5. The number of carbonyl (C=O) groups excluding carboxylic acids is 1. The second-order valence-corrected chi connectivity index (χ2v) is 7.48. The summed E-state index contributed by atoms with van der Waals surface area (Å²) in [6.07, 6.45) is 1.54. The van der Waals surface area contributed by atoms with Gasteiger partial charge >= 0.3 is 11.9 Å². The second kappa shape index (κ2) is 9.43. The van der Waals surface area contributed by atoms with Crippen LogP contribution in [-0.4, -0.2) is 28.1 Å². The number of rotatable bonds is 9. The van der Waals surface area contributed by atoms with Gasteiger partial charge in [0.15, 0.2) is 0 Å². The summed E-state index contributed by atoms with van der Waals surface area (Å²) >= 11 is 0. The molecule has 2 aromatic rings. The van der Waals surface area contributed by atoms with E-state index in [0.29, 0.717) is 12.2 Å². The van der Waals surface area contributed by atoms with E-state index in [9.17, 15) is 19.5 Å². The van der Waals surface area contributed by atoms with Gasteiger partial charge in [-0.1, -0.05) is 43.7 Å². The molecule has 3 rings (SSSR count). The van der Waals surface area contributed by atoms with Crippen LogP contribution in [0.5, 0.6) is 11.5 Å². The molecule has 0 aliphatic heterocycles. The molecule has 1 amide bonds. The number of carboxylic acid groups (broad SMARTS) is 2. The minimum Gasteiger partial charge on any atom is -0.481 e. The fourth-order valence-electron chi connectivity index (χ4n) is 3.80. The van der Waals surface area contributed by atoms with Crippen molar-refractivity contribution in [1.29, 1.82) is 0 Å². The fourth-order valence-corrected chi connectivity index (χ4v) is 3.80. The minimum atomic E-state index is -1.25. The Morgan fingerprint density at radius 2 is 1.60 bits per heavy atom. The molecule has 0 heterocycles. The van der Waals surface area contributed by atoms with Crippen LogP contribution in [0.1, 0.15) is 37.8 Å². The van der Waals surface area contributed by atoms with Crippen molar-refractivity contribution in [2.45, 2.75) is 32.2 Å². The molecule has 0 radical (unpaired) electrons. The summed E-state index contributed by atoms with van der Waals surface area (Å²) in [4.78, 5) is 35.3. The third-order valence-corrected chi connectivity index (χ3v) is 5.47. The van der Waals surface area contributed by atoms with Crippen LogP contribution >= 0.6 is 0 Å². The van der Waals surface area contributed by atoms with Crippen molar-refractivity contribution in [2.24, 2.45) is 17.8 Å². The lowest BCUT2D eigenvalue weighted by Crippen LogP contribution is -2.53. The lowest BCUT2D eigenvalue weighted by atomic mass is 9.64. The second-order valence-electron chi connectivity index (χ2n) is 7.48. The first-order valence-corrected chi connectivity index (χ1v) is 9.99. The molecule has 1 fully saturated rings. The van der Waals surface area contributed by atoms with Gasteiger partial charge in [-0.3, -0.25) is 14.4 Å². The third kappa shape index (κ3) is 4.79. The Balaban J connectivity index is 1.67. The van der Waals surface area contributed by atoms with Crippen LogP contribution in [0.25, 0.3) is 0 Å². The average Bonchev–Trinajstić information content (AvgIpc) is 2.67. The first-order chi connectivity index (χ1) is 14.4. The van der Waals surface area contributed by atoms with E-state index in [2.05, 4.69) is 5.32 Å². The normalized spacial score (nSPS) is 21.2. The lowest BCUT2D eigenvalue weighted by molar-refractivity contribution is -0.169. The Morgan fingerprint density at radius 3 is 2.17 bits per heavy atom. The van der Waals surface area contributed by atoms with E-state index in [0.717, 1.165) is 17.7 Å². The van der Waals surface area contributed by atoms with Gasteiger partial charge in [0.05, 0.1) is 23.8 Å². The summed E-state index contributed by atoms with van der Waals surface area (Å²) in [5, 5.41) is 21.4. The van der Waals surface area contributed by atoms with Gasteiger partial charge in [-0.15, -0.1) is 0 Å². The van der Waals surface area contributed by atoms with Gasteiger partial charge in [-0.25, -0.2) is 0 Å². The van der Waals surface area contributed by atoms with Crippen molar-refractivity contribution >= 4 is 17.8 Å². The minimum absolute atomic E-state index is 0.0425. The number of nitrogens with one attached hydrogen (secondary N) is 1. The standard InChI is InChI=1S/C23H25NO6/c1-2-6-19(24-21(25)17-13-18(22(26)27)20(17)23(28)29)14-9-11-16(12-10-14)30-15-7-4-3-5-8-15/h3-5,7-12,17-20H,2,6,13H2,1H3,(H,24,25)(H,26,27)(H,28,29)/t17?,18?,19-,20?/m0/s1. The van der Waals surface area contributed by atoms with Crippen molar-refractivity contribution in [3.8, 4) is 11.5 Å². The maximum absolute atomic E-state index is 12.7. The van der Waals surface area contributed by atoms with E-state index in [-0.39, 0.29) is 12.5 Å². The molecule has 7 nitrogen and oxygen atoms in total. The van der Waals surface area contributed by atoms with Gasteiger partial charge in [0, 0.05) is 0 Å². The van der Waals surface area contributed by atoms with E-state index in [4.69, 9.17) is 9.84 Å². The van der Waals surface area contributed by atoms with Crippen molar-refractivity contribution in [2.75, 3.05) is 0 Å². The lowest BCUT2D eigenvalue weighted by Gasteiger charge is -2.39. The first kappa shape index (κ1) is 21.4. The van der Waals surface area contributed by atoms with Crippen LogP contribution in [-0.2, 0) is 14.4 Å². The summed E-state index contributed by atoms with van der Waals surface area (Å²) in [5.74, 6) is -4.48. The number of carbonyl (C=O) groups is 3. The molecule has 30 heavy (non-hydrogen) atoms. The Kier molecular flexibility index (Phi) is 6.72. The predicted octanol–water partition coefficient (Wildman–Crippen LogP) is 3.86. The predicted molar refractivity (Wildman–Crippen MR) is 109 cm³/mol. The molecule has 3 unspecified atom stereocenters. The molecule has 1 saturated carbocycles. The summed E-state index contributed by atoms with van der Waals surface area (Å²) in [6.45, 7) is 2.00. The largest absolute Gasteiger partial charge is 0.481 e. The number of benzene rings is 2. The summed E-state index contributed by atoms with van der Waals surface area (Å²) in [5.41, 5.74) is 0.881. The Bertz CT molecular complexity index is 896. The van der Waals surface area contributed by atoms with Gasteiger partial charge < -0.3 is 20.3 Å². The maximum Gasteiger partial charge on any atom is 0.308 e. The van der Waals surface area contributed by atoms with Crippen LogP contribution in [0.15, 0.2) is 54.6 Å². The highest BCUT2D eigenvalue weighted by Gasteiger charge is 2.53. The van der Waals surface area contributed by atoms with Crippen molar-refractivity contribution in [3.05, 3.63) is 60.2 Å². The molecule has 1 aliphatic carbocycles. The Hall–Kier alpha value is -3.35. The van der Waals surface area contributed by atoms with Gasteiger partial charge in [-0.05, 0) is 42.7 Å². The number of ether oxygens (including phenoxy) is 1. The fraction of sp³-hybridized carbons (Fsp3) is 0.348. The molecule has 158 valence electrons. The number of carboxylic acids is 2. The molecule has 0 spiro atoms. The molecule has 7 heteroatoms. The SMILES string of the molecule is CCC[C@H](NC(=O)C1CC(C(=O)O)C1C(=O)O)c1ccc(Oc2ccccc2)cc1. The first-order valence-electron chi connectivity index (χ1n) is 9.99. The average molecular weight is 411 g/mol. The summed E-state index contributed by atoms with van der Waals surface area (Å²) in [7, 11) is 0. The van der Waals surface area contributed by atoms with Gasteiger partial charge in [0.25, 0.3) is 0 Å². The molecule has 2 aromatic carbocycles. The molecule has 3 N–H and O–H groups in total. The monoisotopic (exact) mass is 411 g/mol. The molecule has 1 aliphatic rings. The number of amides is 1. The van der Waals surface area contributed by atoms with Crippen LogP contribution in [0.3, 0.4) is 0 Å². The Labute approximate surface area is 174 Å². The Morgan fingerprint density at radius 1 is 0.967 bits per heavy atom. The van der Waals surface area contributed by atoms with Crippen LogP contribution in [0, 0.1) is 17.8 Å². The van der Waals surface area contributed by atoms with Gasteiger partial charge in [0.1, 0.15) is 11.5 Å². The number of aliphatic carboxylic acids is 2. The topological polar surface area (TPSA) is 113 Å². The maximum atomic E-state index is 12.7. The summed E-state index contributed by atoms with van der Waals surface area (Å²) < 4.78 is 5.79. The zero-order valence-electron chi connectivity index (χ0n) is 16.7. The number of hydrogen-bond acceptors (Lipinski definition) is 4.